The monoisotopic (exact) mass is 945 g/mol. The molecule has 0 N–H and O–H groups in total. The Balaban J connectivity index is 0. The van der Waals surface area contributed by atoms with Crippen LogP contribution in [0.3, 0.4) is 0 Å². The standard InChI is InChI=1S/C31H60O4S.C23H44O4S/c1-27(2,3)23(28(4,5)6)16-18-25(32)34-20-22(21-36-31(13,14)15)35-26(33)19-17-24(29(7,8)9)30(10,11)12;1-21(2,3)14-10-12-19(24)26-16-18(17-28-23(7,8)9)27-20(25)13-11-15-22(4,5)6/h22-24H,16-21H2,1-15H3;18H,10-17H2,1-9H3. The molecule has 8 nitrogen and oxygen atoms in total. The van der Waals surface area contributed by atoms with E-state index in [1.165, 1.54) is 0 Å². The Bertz CT molecular complexity index is 1320. The first kappa shape index (κ1) is 64.7. The molecule has 0 radical (unpaired) electrons. The number of esters is 4. The average molecular weight is 946 g/mol. The minimum atomic E-state index is -0.436. The second-order valence-corrected chi connectivity index (χ2v) is 30.6. The van der Waals surface area contributed by atoms with Gasteiger partial charge in [0.15, 0.2) is 0 Å². The topological polar surface area (TPSA) is 105 Å². The van der Waals surface area contributed by atoms with Crippen LogP contribution in [0.2, 0.25) is 0 Å². The van der Waals surface area contributed by atoms with E-state index in [4.69, 9.17) is 18.9 Å². The van der Waals surface area contributed by atoms with Gasteiger partial charge < -0.3 is 18.9 Å². The molecule has 0 fully saturated rings. The van der Waals surface area contributed by atoms with Gasteiger partial charge in [-0.05, 0) is 82.9 Å². The number of thioether (sulfide) groups is 2. The molecule has 0 aliphatic rings. The van der Waals surface area contributed by atoms with E-state index >= 15 is 0 Å². The van der Waals surface area contributed by atoms with Crippen LogP contribution in [0.1, 0.15) is 230 Å². The number of carbonyl (C=O) groups excluding carboxylic acids is 4. The van der Waals surface area contributed by atoms with Crippen molar-refractivity contribution in [2.45, 2.75) is 252 Å². The van der Waals surface area contributed by atoms with Gasteiger partial charge in [0.25, 0.3) is 0 Å². The van der Waals surface area contributed by atoms with E-state index in [1.807, 2.05) is 0 Å². The Labute approximate surface area is 404 Å². The highest BCUT2D eigenvalue weighted by molar-refractivity contribution is 8.00. The zero-order chi connectivity index (χ0) is 50.8. The molecule has 0 bridgehead atoms. The summed E-state index contributed by atoms with van der Waals surface area (Å²) in [5.74, 6) is 1.19. The molecule has 0 heterocycles. The number of carbonyl (C=O) groups is 4. The summed E-state index contributed by atoms with van der Waals surface area (Å²) in [7, 11) is 0. The SMILES string of the molecule is CC(C)(C)CCCC(=O)OCC(CSC(C)(C)C)OC(=O)CCCC(C)(C)C.CC(C)(C)SCC(COC(=O)CCC(C(C)(C)C)C(C)(C)C)OC(=O)CCC(C(C)(C)C)C(C)(C)C. The van der Waals surface area contributed by atoms with Crippen molar-refractivity contribution in [3.63, 3.8) is 0 Å². The highest BCUT2D eigenvalue weighted by Crippen LogP contribution is 2.44. The maximum Gasteiger partial charge on any atom is 0.306 e. The smallest absolute Gasteiger partial charge is 0.306 e. The third kappa shape index (κ3) is 36.7. The predicted molar refractivity (Wildman–Crippen MR) is 276 cm³/mol. The fraction of sp³-hybridized carbons (Fsp3) is 0.926. The normalized spacial score (nSPS) is 14.4. The number of hydrogen-bond acceptors (Lipinski definition) is 10. The zero-order valence-electron chi connectivity index (χ0n) is 46.3. The molecule has 0 spiro atoms. The van der Waals surface area contributed by atoms with Gasteiger partial charge in [0.1, 0.15) is 25.4 Å². The Morgan fingerprint density at radius 1 is 0.391 bits per heavy atom. The number of hydrogen-bond donors (Lipinski definition) is 0. The Morgan fingerprint density at radius 3 is 0.938 bits per heavy atom. The number of ether oxygens (including phenoxy) is 4. The molecule has 0 aliphatic heterocycles. The van der Waals surface area contributed by atoms with E-state index in [-0.39, 0.29) is 79.1 Å². The first-order chi connectivity index (χ1) is 28.4. The Morgan fingerprint density at radius 2 is 0.656 bits per heavy atom. The molecule has 0 saturated heterocycles. The largest absolute Gasteiger partial charge is 0.462 e. The quantitative estimate of drug-likeness (QED) is 0.0769. The van der Waals surface area contributed by atoms with E-state index in [1.54, 1.807) is 23.5 Å². The highest BCUT2D eigenvalue weighted by Gasteiger charge is 2.36. The Hall–Kier alpha value is -1.42. The van der Waals surface area contributed by atoms with Crippen molar-refractivity contribution in [1.29, 1.82) is 0 Å². The van der Waals surface area contributed by atoms with Gasteiger partial charge in [0.2, 0.25) is 0 Å². The number of rotatable bonds is 22. The van der Waals surface area contributed by atoms with Crippen LogP contribution in [0.5, 0.6) is 0 Å². The molecule has 64 heavy (non-hydrogen) atoms. The van der Waals surface area contributed by atoms with Gasteiger partial charge in [0, 0.05) is 46.7 Å². The third-order valence-corrected chi connectivity index (χ3v) is 13.7. The van der Waals surface area contributed by atoms with Crippen molar-refractivity contribution in [3.8, 4) is 0 Å². The maximum absolute atomic E-state index is 12.8. The fourth-order valence-electron chi connectivity index (χ4n) is 8.30. The second-order valence-electron chi connectivity index (χ2n) is 26.9. The van der Waals surface area contributed by atoms with Gasteiger partial charge in [-0.2, -0.15) is 23.5 Å². The van der Waals surface area contributed by atoms with Crippen LogP contribution in [0.15, 0.2) is 0 Å². The lowest BCUT2D eigenvalue weighted by Crippen LogP contribution is -2.34. The third-order valence-electron chi connectivity index (χ3n) is 10.9. The van der Waals surface area contributed by atoms with Crippen LogP contribution in [-0.4, -0.2) is 70.3 Å². The van der Waals surface area contributed by atoms with Gasteiger partial charge in [0.05, 0.1) is 0 Å². The van der Waals surface area contributed by atoms with E-state index in [0.29, 0.717) is 49.0 Å². The van der Waals surface area contributed by atoms with Crippen LogP contribution in [0, 0.1) is 44.3 Å². The average Bonchev–Trinajstić information content (AvgIpc) is 3.03. The van der Waals surface area contributed by atoms with Gasteiger partial charge >= 0.3 is 23.9 Å². The molecule has 0 saturated carbocycles. The van der Waals surface area contributed by atoms with Crippen LogP contribution < -0.4 is 0 Å². The van der Waals surface area contributed by atoms with Gasteiger partial charge in [-0.3, -0.25) is 19.2 Å². The van der Waals surface area contributed by atoms with Gasteiger partial charge in [-0.15, -0.1) is 0 Å². The zero-order valence-corrected chi connectivity index (χ0v) is 47.9. The van der Waals surface area contributed by atoms with Crippen LogP contribution in [0.4, 0.5) is 0 Å². The predicted octanol–water partition coefficient (Wildman–Crippen LogP) is 15.4. The minimum absolute atomic E-state index is 0.0326. The molecule has 380 valence electrons. The summed E-state index contributed by atoms with van der Waals surface area (Å²) in [6.07, 6.45) is 5.91. The molecule has 0 amide bonds. The fourth-order valence-corrected chi connectivity index (χ4v) is 10.0. The van der Waals surface area contributed by atoms with E-state index in [2.05, 4.69) is 166 Å². The van der Waals surface area contributed by atoms with E-state index in [0.717, 1.165) is 38.5 Å². The van der Waals surface area contributed by atoms with E-state index < -0.39 is 12.2 Å². The van der Waals surface area contributed by atoms with Crippen LogP contribution >= 0.6 is 23.5 Å². The molecule has 0 aromatic carbocycles. The molecule has 0 aliphatic carbocycles. The molecular formula is C54H104O8S2. The van der Waals surface area contributed by atoms with Crippen molar-refractivity contribution in [2.75, 3.05) is 24.7 Å². The van der Waals surface area contributed by atoms with Crippen molar-refractivity contribution in [1.82, 2.24) is 0 Å². The summed E-state index contributed by atoms with van der Waals surface area (Å²) in [6, 6.07) is 0. The van der Waals surface area contributed by atoms with Gasteiger partial charge in [-0.25, -0.2) is 0 Å². The maximum atomic E-state index is 12.8. The summed E-state index contributed by atoms with van der Waals surface area (Å²) in [5.41, 5.74) is 0.857. The summed E-state index contributed by atoms with van der Waals surface area (Å²) in [6.45, 7) is 52.9. The highest BCUT2D eigenvalue weighted by atomic mass is 32.2. The summed E-state index contributed by atoms with van der Waals surface area (Å²) >= 11 is 3.44. The van der Waals surface area contributed by atoms with Gasteiger partial charge in [-0.1, -0.05) is 166 Å². The minimum Gasteiger partial charge on any atom is -0.462 e. The van der Waals surface area contributed by atoms with Crippen molar-refractivity contribution < 1.29 is 38.1 Å². The summed E-state index contributed by atoms with van der Waals surface area (Å²) in [4.78, 5) is 49.8. The molecular weight excluding hydrogens is 841 g/mol. The van der Waals surface area contributed by atoms with Crippen LogP contribution in [-0.2, 0) is 38.1 Å². The Kier molecular flexibility index (Phi) is 27.8. The molecule has 2 unspecified atom stereocenters. The van der Waals surface area contributed by atoms with E-state index in [9.17, 15) is 19.2 Å². The lowest BCUT2D eigenvalue weighted by atomic mass is 9.65. The van der Waals surface area contributed by atoms with Crippen LogP contribution in [0.25, 0.3) is 0 Å². The molecule has 2 atom stereocenters. The first-order valence-electron chi connectivity index (χ1n) is 24.4. The summed E-state index contributed by atoms with van der Waals surface area (Å²) < 4.78 is 22.7. The lowest BCUT2D eigenvalue weighted by Gasteiger charge is -2.41. The summed E-state index contributed by atoms with van der Waals surface area (Å²) in [5, 5.41) is 0. The first-order valence-corrected chi connectivity index (χ1v) is 26.4. The molecule has 0 aromatic rings. The lowest BCUT2D eigenvalue weighted by molar-refractivity contribution is -0.158. The second kappa shape index (κ2) is 27.5. The van der Waals surface area contributed by atoms with Crippen molar-refractivity contribution >= 4 is 47.4 Å². The molecule has 10 heteroatoms. The van der Waals surface area contributed by atoms with Crippen molar-refractivity contribution in [2.24, 2.45) is 44.3 Å². The molecule has 0 rings (SSSR count). The van der Waals surface area contributed by atoms with Crippen molar-refractivity contribution in [3.05, 3.63) is 0 Å². The molecule has 0 aromatic heterocycles.